The maximum atomic E-state index is 6.28. The summed E-state index contributed by atoms with van der Waals surface area (Å²) in [6.07, 6.45) is 0.954. The number of aryl methyl sites for hydroxylation is 1. The number of hydrogen-bond donors (Lipinski definition) is 1. The van der Waals surface area contributed by atoms with Crippen molar-refractivity contribution in [2.75, 3.05) is 92.6 Å². The predicted molar refractivity (Wildman–Crippen MR) is 145 cm³/mol. The number of anilines is 1. The van der Waals surface area contributed by atoms with Gasteiger partial charge in [-0.25, -0.2) is 4.98 Å². The maximum absolute atomic E-state index is 6.28. The Kier molecular flexibility index (Phi) is 17.4. The molecule has 2 N–H and O–H groups in total. The van der Waals surface area contributed by atoms with Crippen LogP contribution in [0.1, 0.15) is 12.2 Å². The van der Waals surface area contributed by atoms with Crippen molar-refractivity contribution in [2.24, 2.45) is 0 Å². The lowest BCUT2D eigenvalue weighted by atomic mass is 10.1. The van der Waals surface area contributed by atoms with E-state index < -0.39 is 0 Å². The van der Waals surface area contributed by atoms with Gasteiger partial charge < -0.3 is 38.9 Å². The molecule has 0 aliphatic carbocycles. The summed E-state index contributed by atoms with van der Waals surface area (Å²) in [7, 11) is 3.27. The minimum absolute atomic E-state index is 0.236. The second kappa shape index (κ2) is 20.3. The van der Waals surface area contributed by atoms with Crippen LogP contribution in [0.15, 0.2) is 18.2 Å². The second-order valence-corrected chi connectivity index (χ2v) is 8.80. The molecule has 1 aromatic heterocycles. The number of rotatable bonds is 22. The Bertz CT molecular complexity index is 896. The van der Waals surface area contributed by atoms with Crippen LogP contribution >= 0.6 is 23.2 Å². The predicted octanol–water partition coefficient (Wildman–Crippen LogP) is 3.10. The molecule has 0 spiro atoms. The Morgan fingerprint density at radius 1 is 0.789 bits per heavy atom. The third kappa shape index (κ3) is 12.9. The summed E-state index contributed by atoms with van der Waals surface area (Å²) >= 11 is 12.4. The molecule has 11 nitrogen and oxygen atoms in total. The number of nitrogens with two attached hydrogens (primary N) is 1. The first kappa shape index (κ1) is 32.5. The van der Waals surface area contributed by atoms with Gasteiger partial charge in [0.2, 0.25) is 0 Å². The van der Waals surface area contributed by atoms with Gasteiger partial charge in [-0.1, -0.05) is 35.3 Å². The topological polar surface area (TPSA) is 129 Å². The van der Waals surface area contributed by atoms with Crippen LogP contribution in [0.3, 0.4) is 0 Å². The third-order valence-corrected chi connectivity index (χ3v) is 5.90. The van der Waals surface area contributed by atoms with Crippen LogP contribution in [0.2, 0.25) is 10.0 Å². The van der Waals surface area contributed by atoms with Gasteiger partial charge in [-0.15, -0.1) is 10.2 Å². The summed E-state index contributed by atoms with van der Waals surface area (Å²) in [6, 6.07) is 5.23. The largest absolute Gasteiger partial charge is 0.382 e. The van der Waals surface area contributed by atoms with Crippen molar-refractivity contribution in [1.29, 1.82) is 0 Å². The smallest absolute Gasteiger partial charge is 0.154 e. The molecule has 0 aliphatic rings. The summed E-state index contributed by atoms with van der Waals surface area (Å²) in [5.74, 6) is 0.749. The zero-order valence-corrected chi connectivity index (χ0v) is 23.5. The quantitative estimate of drug-likeness (QED) is 0.207. The van der Waals surface area contributed by atoms with Gasteiger partial charge in [0.25, 0.3) is 0 Å². The molecule has 0 fully saturated rings. The van der Waals surface area contributed by atoms with Crippen molar-refractivity contribution < 1.29 is 33.2 Å². The molecule has 2 aromatic rings. The van der Waals surface area contributed by atoms with Crippen LogP contribution in [0, 0.1) is 0 Å². The lowest BCUT2D eigenvalue weighted by Gasteiger charge is -2.18. The van der Waals surface area contributed by atoms with Gasteiger partial charge >= 0.3 is 0 Å². The van der Waals surface area contributed by atoms with E-state index in [1.54, 1.807) is 32.4 Å². The zero-order valence-electron chi connectivity index (χ0n) is 22.0. The zero-order chi connectivity index (χ0) is 27.4. The minimum atomic E-state index is -0.246. The van der Waals surface area contributed by atoms with Crippen LogP contribution in [0.4, 0.5) is 5.82 Å². The van der Waals surface area contributed by atoms with Crippen molar-refractivity contribution in [3.8, 4) is 11.3 Å². The fourth-order valence-electron chi connectivity index (χ4n) is 3.14. The summed E-state index contributed by atoms with van der Waals surface area (Å²) < 4.78 is 38.1. The monoisotopic (exact) mass is 576 g/mol. The van der Waals surface area contributed by atoms with Gasteiger partial charge in [-0.05, 0) is 12.5 Å². The normalized spacial score (nSPS) is 11.5. The summed E-state index contributed by atoms with van der Waals surface area (Å²) in [5, 5.41) is 9.18. The average molecular weight is 578 g/mol. The highest BCUT2D eigenvalue weighted by Gasteiger charge is 2.15. The Morgan fingerprint density at radius 3 is 2.00 bits per heavy atom. The summed E-state index contributed by atoms with van der Waals surface area (Å²) in [4.78, 5) is 4.37. The highest BCUT2D eigenvalue weighted by atomic mass is 35.5. The standard InChI is InChI=1S/C25H38Cl2N4O7/c1-32-9-11-34-13-15-36-17-19(18-37-16-14-35-12-10-33-2)38-8-4-7-22-29-25(28)24(31-30-22)20-5-3-6-21(26)23(20)27/h3,5-6,19H,4,7-18H2,1-2H3,(H2,28,29,30). The Labute approximate surface area is 234 Å². The van der Waals surface area contributed by atoms with Crippen molar-refractivity contribution in [2.45, 2.75) is 18.9 Å². The number of halogens is 2. The van der Waals surface area contributed by atoms with E-state index in [-0.39, 0.29) is 11.9 Å². The fraction of sp³-hybridized carbons (Fsp3) is 0.640. The van der Waals surface area contributed by atoms with Crippen LogP contribution in [0.25, 0.3) is 11.3 Å². The molecule has 214 valence electrons. The first-order valence-electron chi connectivity index (χ1n) is 12.4. The molecule has 0 atom stereocenters. The minimum Gasteiger partial charge on any atom is -0.382 e. The van der Waals surface area contributed by atoms with Gasteiger partial charge in [0.15, 0.2) is 11.6 Å². The summed E-state index contributed by atoms with van der Waals surface area (Å²) in [5.41, 5.74) is 7.10. The number of aromatic nitrogens is 3. The van der Waals surface area contributed by atoms with Crippen molar-refractivity contribution in [3.05, 3.63) is 34.1 Å². The molecule has 2 rings (SSSR count). The van der Waals surface area contributed by atoms with E-state index in [2.05, 4.69) is 15.2 Å². The van der Waals surface area contributed by atoms with E-state index in [1.165, 1.54) is 0 Å². The molecule has 1 aromatic carbocycles. The highest BCUT2D eigenvalue weighted by Crippen LogP contribution is 2.34. The van der Waals surface area contributed by atoms with Gasteiger partial charge in [0, 0.05) is 32.8 Å². The van der Waals surface area contributed by atoms with E-state index in [1.807, 2.05) is 0 Å². The molecule has 0 saturated heterocycles. The molecular formula is C25H38Cl2N4O7. The third-order valence-electron chi connectivity index (χ3n) is 5.08. The molecule has 0 saturated carbocycles. The fourth-order valence-corrected chi connectivity index (χ4v) is 3.53. The average Bonchev–Trinajstić information content (AvgIpc) is 2.91. The molecule has 1 heterocycles. The Hall–Kier alpha value is -1.67. The number of hydrogen-bond acceptors (Lipinski definition) is 11. The van der Waals surface area contributed by atoms with Crippen molar-refractivity contribution in [3.63, 3.8) is 0 Å². The Morgan fingerprint density at radius 2 is 1.39 bits per heavy atom. The number of benzene rings is 1. The van der Waals surface area contributed by atoms with E-state index in [0.29, 0.717) is 113 Å². The first-order chi connectivity index (χ1) is 18.6. The SMILES string of the molecule is COCCOCCOCC(COCCOCCOC)OCCCc1nnc(-c2cccc(Cl)c2Cl)c(N)n1. The van der Waals surface area contributed by atoms with Crippen molar-refractivity contribution in [1.82, 2.24) is 15.2 Å². The number of nitrogen functional groups attached to an aromatic ring is 1. The lowest BCUT2D eigenvalue weighted by Crippen LogP contribution is -2.28. The molecule has 0 bridgehead atoms. The molecule has 38 heavy (non-hydrogen) atoms. The molecule has 0 amide bonds. The van der Waals surface area contributed by atoms with Crippen LogP contribution in [0.5, 0.6) is 0 Å². The number of ether oxygens (including phenoxy) is 7. The molecular weight excluding hydrogens is 539 g/mol. The maximum Gasteiger partial charge on any atom is 0.154 e. The molecule has 0 unspecified atom stereocenters. The van der Waals surface area contributed by atoms with E-state index in [0.717, 1.165) is 0 Å². The van der Waals surface area contributed by atoms with Gasteiger partial charge in [0.05, 0.1) is 76.1 Å². The van der Waals surface area contributed by atoms with Gasteiger partial charge in [-0.3, -0.25) is 0 Å². The van der Waals surface area contributed by atoms with E-state index >= 15 is 0 Å². The van der Waals surface area contributed by atoms with Crippen LogP contribution in [-0.2, 0) is 39.6 Å². The van der Waals surface area contributed by atoms with Gasteiger partial charge in [-0.2, -0.15) is 0 Å². The first-order valence-corrected chi connectivity index (χ1v) is 13.2. The van der Waals surface area contributed by atoms with Gasteiger partial charge in [0.1, 0.15) is 11.8 Å². The summed E-state index contributed by atoms with van der Waals surface area (Å²) in [6.45, 7) is 5.21. The number of methoxy groups -OCH3 is 2. The lowest BCUT2D eigenvalue weighted by molar-refractivity contribution is -0.0751. The Balaban J connectivity index is 1.76. The molecule has 0 radical (unpaired) electrons. The highest BCUT2D eigenvalue weighted by molar-refractivity contribution is 6.43. The second-order valence-electron chi connectivity index (χ2n) is 8.02. The molecule has 0 aliphatic heterocycles. The molecule has 13 heteroatoms. The van der Waals surface area contributed by atoms with Crippen LogP contribution in [-0.4, -0.2) is 108 Å². The number of nitrogens with zero attached hydrogens (tertiary/aromatic N) is 3. The van der Waals surface area contributed by atoms with Crippen molar-refractivity contribution >= 4 is 29.0 Å². The van der Waals surface area contributed by atoms with E-state index in [9.17, 15) is 0 Å². The van der Waals surface area contributed by atoms with E-state index in [4.69, 9.17) is 62.1 Å². The van der Waals surface area contributed by atoms with Crippen LogP contribution < -0.4 is 5.73 Å².